The zero-order valence-electron chi connectivity index (χ0n) is 25.7. The van der Waals surface area contributed by atoms with Crippen molar-refractivity contribution in [3.05, 3.63) is 105 Å². The van der Waals surface area contributed by atoms with Crippen molar-refractivity contribution in [1.29, 1.82) is 0 Å². The molecule has 0 atom stereocenters. The Balaban J connectivity index is 1.33. The molecular weight excluding hydrogens is 572 g/mol. The van der Waals surface area contributed by atoms with Crippen molar-refractivity contribution in [3.8, 4) is 56.4 Å². The first-order chi connectivity index (χ1) is 21.7. The largest absolute Gasteiger partial charge is 0.496 e. The highest BCUT2D eigenvalue weighted by Gasteiger charge is 2.36. The van der Waals surface area contributed by atoms with Crippen LogP contribution in [0.25, 0.3) is 55.3 Å². The number of ether oxygens (including phenoxy) is 4. The second kappa shape index (κ2) is 10.3. The molecule has 8 nitrogen and oxygen atoms in total. The summed E-state index contributed by atoms with van der Waals surface area (Å²) in [6.45, 7) is 4.28. The Morgan fingerprint density at radius 1 is 0.511 bits per heavy atom. The molecule has 1 aliphatic rings. The van der Waals surface area contributed by atoms with Gasteiger partial charge in [-0.15, -0.1) is 0 Å². The Morgan fingerprint density at radius 2 is 0.933 bits per heavy atom. The van der Waals surface area contributed by atoms with Crippen LogP contribution in [-0.4, -0.2) is 28.4 Å². The smallest absolute Gasteiger partial charge is 0.344 e. The van der Waals surface area contributed by atoms with E-state index < -0.39 is 16.7 Å². The van der Waals surface area contributed by atoms with E-state index in [0.29, 0.717) is 56.1 Å². The average Bonchev–Trinajstić information content (AvgIpc) is 3.27. The molecule has 6 aromatic rings. The zero-order valence-corrected chi connectivity index (χ0v) is 25.7. The van der Waals surface area contributed by atoms with Crippen LogP contribution in [0.4, 0.5) is 0 Å². The van der Waals surface area contributed by atoms with Gasteiger partial charge in [-0.3, -0.25) is 0 Å². The number of fused-ring (bicyclic) bond motifs is 5. The van der Waals surface area contributed by atoms with Gasteiger partial charge in [0.25, 0.3) is 0 Å². The molecule has 0 radical (unpaired) electrons. The summed E-state index contributed by atoms with van der Waals surface area (Å²) in [6.07, 6.45) is 0. The number of rotatable bonds is 6. The van der Waals surface area contributed by atoms with E-state index >= 15 is 0 Å². The maximum atomic E-state index is 13.2. The van der Waals surface area contributed by atoms with Crippen LogP contribution >= 0.6 is 0 Å². The molecule has 2 heterocycles. The molecule has 226 valence electrons. The molecule has 0 amide bonds. The van der Waals surface area contributed by atoms with Crippen LogP contribution in [0, 0.1) is 0 Å². The number of benzene rings is 4. The van der Waals surface area contributed by atoms with Crippen molar-refractivity contribution in [3.63, 3.8) is 0 Å². The summed E-state index contributed by atoms with van der Waals surface area (Å²) in [5, 5.41) is 1.34. The molecular formula is C37H30O8. The van der Waals surface area contributed by atoms with Crippen molar-refractivity contribution in [2.75, 3.05) is 28.4 Å². The van der Waals surface area contributed by atoms with Gasteiger partial charge in [0.15, 0.2) is 0 Å². The van der Waals surface area contributed by atoms with Crippen molar-refractivity contribution in [2.45, 2.75) is 19.3 Å². The summed E-state index contributed by atoms with van der Waals surface area (Å²) in [7, 11) is 6.23. The third kappa shape index (κ3) is 4.36. The van der Waals surface area contributed by atoms with Gasteiger partial charge in [-0.1, -0.05) is 38.1 Å². The maximum absolute atomic E-state index is 13.2. The first kappa shape index (κ1) is 28.3. The summed E-state index contributed by atoms with van der Waals surface area (Å²) in [6, 6.07) is 22.5. The van der Waals surface area contributed by atoms with Gasteiger partial charge in [0.1, 0.15) is 34.2 Å². The SMILES string of the molecule is COc1cc(OC)c2cc(-c3ccc4c(c3)C(C)(C)c3cc(-c5cc6c(OC)cc(OC)cc6oc5=O)ccc3-4)c(=O)oc2c1. The molecule has 2 aromatic heterocycles. The maximum Gasteiger partial charge on any atom is 0.344 e. The number of methoxy groups -OCH3 is 4. The molecule has 7 rings (SSSR count). The normalized spacial score (nSPS) is 13.0. The first-order valence-corrected chi connectivity index (χ1v) is 14.4. The lowest BCUT2D eigenvalue weighted by atomic mass is 9.81. The molecule has 0 aliphatic heterocycles. The molecule has 0 saturated carbocycles. The third-order valence-corrected chi connectivity index (χ3v) is 8.79. The quantitative estimate of drug-likeness (QED) is 0.180. The van der Waals surface area contributed by atoms with E-state index in [2.05, 4.69) is 13.8 Å². The minimum atomic E-state index is -0.454. The topological polar surface area (TPSA) is 97.3 Å². The van der Waals surface area contributed by atoms with Crippen LogP contribution in [0.5, 0.6) is 23.0 Å². The van der Waals surface area contributed by atoms with Gasteiger partial charge in [-0.25, -0.2) is 9.59 Å². The fourth-order valence-electron chi connectivity index (χ4n) is 6.37. The van der Waals surface area contributed by atoms with Gasteiger partial charge in [-0.05, 0) is 57.6 Å². The number of hydrogen-bond donors (Lipinski definition) is 0. The van der Waals surface area contributed by atoms with Crippen molar-refractivity contribution >= 4 is 21.9 Å². The highest BCUT2D eigenvalue weighted by atomic mass is 16.5. The average molecular weight is 603 g/mol. The molecule has 45 heavy (non-hydrogen) atoms. The molecule has 0 fully saturated rings. The fraction of sp³-hybridized carbons (Fsp3) is 0.189. The summed E-state index contributed by atoms with van der Waals surface area (Å²) in [4.78, 5) is 26.4. The van der Waals surface area contributed by atoms with Gasteiger partial charge in [0, 0.05) is 29.7 Å². The van der Waals surface area contributed by atoms with Crippen LogP contribution in [-0.2, 0) is 5.41 Å². The lowest BCUT2D eigenvalue weighted by Crippen LogP contribution is -2.15. The Bertz CT molecular complexity index is 2130. The molecule has 4 aromatic carbocycles. The van der Waals surface area contributed by atoms with E-state index in [9.17, 15) is 9.59 Å². The molecule has 8 heteroatoms. The molecule has 0 bridgehead atoms. The van der Waals surface area contributed by atoms with Gasteiger partial charge in [0.2, 0.25) is 0 Å². The van der Waals surface area contributed by atoms with E-state index in [1.807, 2.05) is 36.4 Å². The van der Waals surface area contributed by atoms with E-state index in [1.165, 1.54) is 0 Å². The molecule has 0 saturated heterocycles. The minimum absolute atomic E-state index is 0.385. The predicted octanol–water partition coefficient (Wildman–Crippen LogP) is 7.57. The number of hydrogen-bond acceptors (Lipinski definition) is 8. The third-order valence-electron chi connectivity index (χ3n) is 8.79. The molecule has 0 N–H and O–H groups in total. The molecule has 1 aliphatic carbocycles. The Labute approximate surface area is 258 Å². The second-order valence-corrected chi connectivity index (χ2v) is 11.5. The van der Waals surface area contributed by atoms with Crippen LogP contribution in [0.15, 0.2) is 91.2 Å². The monoisotopic (exact) mass is 602 g/mol. The molecule has 0 spiro atoms. The van der Waals surface area contributed by atoms with E-state index in [4.69, 9.17) is 27.8 Å². The standard InChI is InChI=1S/C37H30O8/c1-37(2)29-11-19(25-17-27-31(42-5)13-21(40-3)15-33(27)44-35(25)38)7-9-23(29)24-10-8-20(12-30(24)37)26-18-28-32(43-6)14-22(41-4)16-34(28)45-36(26)39/h7-18H,1-6H3. The van der Waals surface area contributed by atoms with Crippen molar-refractivity contribution < 1.29 is 27.8 Å². The van der Waals surface area contributed by atoms with Crippen LogP contribution < -0.4 is 30.2 Å². The van der Waals surface area contributed by atoms with Gasteiger partial charge >= 0.3 is 11.3 Å². The highest BCUT2D eigenvalue weighted by Crippen LogP contribution is 2.50. The van der Waals surface area contributed by atoms with E-state index in [0.717, 1.165) is 33.4 Å². The van der Waals surface area contributed by atoms with Gasteiger partial charge in [-0.2, -0.15) is 0 Å². The van der Waals surface area contributed by atoms with Crippen LogP contribution in [0.2, 0.25) is 0 Å². The highest BCUT2D eigenvalue weighted by molar-refractivity contribution is 5.92. The first-order valence-electron chi connectivity index (χ1n) is 14.4. The van der Waals surface area contributed by atoms with Crippen molar-refractivity contribution in [1.82, 2.24) is 0 Å². The van der Waals surface area contributed by atoms with Gasteiger partial charge < -0.3 is 27.8 Å². The van der Waals surface area contributed by atoms with Crippen molar-refractivity contribution in [2.24, 2.45) is 0 Å². The Kier molecular flexibility index (Phi) is 6.47. The lowest BCUT2D eigenvalue weighted by Gasteiger charge is -2.22. The van der Waals surface area contributed by atoms with Gasteiger partial charge in [0.05, 0.1) is 50.3 Å². The lowest BCUT2D eigenvalue weighted by molar-refractivity contribution is 0.395. The fourth-order valence-corrected chi connectivity index (χ4v) is 6.37. The predicted molar refractivity (Wildman–Crippen MR) is 173 cm³/mol. The summed E-state index contributed by atoms with van der Waals surface area (Å²) in [5.74, 6) is 2.16. The van der Waals surface area contributed by atoms with E-state index in [-0.39, 0.29) is 0 Å². The summed E-state index contributed by atoms with van der Waals surface area (Å²) >= 11 is 0. The van der Waals surface area contributed by atoms with E-state index in [1.54, 1.807) is 64.8 Å². The van der Waals surface area contributed by atoms with Crippen LogP contribution in [0.1, 0.15) is 25.0 Å². The molecule has 0 unspecified atom stereocenters. The Hall–Kier alpha value is -5.50. The van der Waals surface area contributed by atoms with Crippen LogP contribution in [0.3, 0.4) is 0 Å². The minimum Gasteiger partial charge on any atom is -0.496 e. The Morgan fingerprint density at radius 3 is 1.31 bits per heavy atom. The zero-order chi connectivity index (χ0) is 31.6. The summed E-state index contributed by atoms with van der Waals surface area (Å²) < 4.78 is 33.3. The second-order valence-electron chi connectivity index (χ2n) is 11.5. The summed E-state index contributed by atoms with van der Waals surface area (Å²) in [5.41, 5.74) is 6.03.